The standard InChI is InChI=1S/C16H36N.13CH3O.6O.5V.Zr/c1-5-9-13-17(14-10-6-2,15-11-7-3)16-12-8-4;13*1-2;;;;;;;;;;;;/h5-16H2,1-4H3;13*1H3;;;;;;;;;;;;/q+1;13*-1;6*-2;6*+4. The van der Waals surface area contributed by atoms with Crippen LogP contribution in [0.4, 0.5) is 0 Å². The molecule has 0 unspecified atom stereocenters. The fourth-order valence-corrected chi connectivity index (χ4v) is 2.64. The van der Waals surface area contributed by atoms with Crippen LogP contribution in [0.25, 0.3) is 0 Å². The molecule has 20 nitrogen and oxygen atoms in total. The molecular weight excluding hydrogens is 1010 g/mol. The van der Waals surface area contributed by atoms with Gasteiger partial charge in [0, 0.05) is 0 Å². The number of hydrogen-bond donors (Lipinski definition) is 0. The SMILES string of the molecule is CCCC[N+](CCCC)(CCCC)CCCC.C[O-].C[O-].C[O-].C[O-].C[O-].C[O-].C[O-].C[O-].C[O-].C[O-].C[O-].C[O-].C[O-].[O-2].[O-2].[O-2].[O-2].[O-2].[O-2].[V+4].[V+4].[V+4].[V+4].[V+4].[Zr+4]. The quantitative estimate of drug-likeness (QED) is 0.164. The van der Waals surface area contributed by atoms with Crippen LogP contribution in [-0.2, 0) is 152 Å². The van der Waals surface area contributed by atoms with E-state index in [-0.39, 0.29) is 152 Å². The minimum atomic E-state index is 0. The van der Waals surface area contributed by atoms with Crippen molar-refractivity contribution in [2.24, 2.45) is 0 Å². The second-order valence-corrected chi connectivity index (χ2v) is 5.65. The molecule has 0 aliphatic heterocycles. The molecule has 0 heterocycles. The van der Waals surface area contributed by atoms with Crippen molar-refractivity contribution in [2.75, 3.05) is 119 Å². The van der Waals surface area contributed by atoms with E-state index in [1.54, 1.807) is 0 Å². The van der Waals surface area contributed by atoms with Gasteiger partial charge in [-0.2, -0.15) is 92.4 Å². The summed E-state index contributed by atoms with van der Waals surface area (Å²) in [4.78, 5) is 0. The predicted octanol–water partition coefficient (Wildman–Crippen LogP) is -9.03. The van der Waals surface area contributed by atoms with Crippen molar-refractivity contribution in [3.05, 3.63) is 0 Å². The van der Waals surface area contributed by atoms with Gasteiger partial charge in [0.05, 0.1) is 26.2 Å². The minimum Gasteiger partial charge on any atom is -2.00 e. The van der Waals surface area contributed by atoms with Gasteiger partial charge in [-0.25, -0.2) is 0 Å². The summed E-state index contributed by atoms with van der Waals surface area (Å²) in [7, 11) is 9.75. The Morgan fingerprint density at radius 3 is 0.364 bits per heavy atom. The van der Waals surface area contributed by atoms with Crippen molar-refractivity contribution in [1.82, 2.24) is 0 Å². The van der Waals surface area contributed by atoms with E-state index in [1.807, 2.05) is 0 Å². The Balaban J connectivity index is -0.00000000805. The second kappa shape index (κ2) is 405. The first-order valence-electron chi connectivity index (χ1n) is 13.4. The summed E-state index contributed by atoms with van der Waals surface area (Å²) in [6.07, 6.45) is 11.1. The summed E-state index contributed by atoms with van der Waals surface area (Å²) < 4.78 is 1.42. The average Bonchev–Trinajstić information content (AvgIpc) is 3.18. The van der Waals surface area contributed by atoms with E-state index in [0.717, 1.165) is 92.4 Å². The molecule has 0 atom stereocenters. The molecule has 5 radical (unpaired) electrons. The van der Waals surface area contributed by atoms with Gasteiger partial charge in [0.25, 0.3) is 0 Å². The Bertz CT molecular complexity index is 195. The van der Waals surface area contributed by atoms with Gasteiger partial charge in [-0.3, -0.25) is 0 Å². The molecule has 0 bridgehead atoms. The van der Waals surface area contributed by atoms with Crippen LogP contribution in [0.1, 0.15) is 79.1 Å². The Hall–Kier alpha value is 3.01. The van der Waals surface area contributed by atoms with Gasteiger partial charge in [0.2, 0.25) is 0 Å². The smallest absolute Gasteiger partial charge is 2.00 e. The largest absolute Gasteiger partial charge is 4.00 e. The van der Waals surface area contributed by atoms with E-state index in [4.69, 9.17) is 66.4 Å². The molecule has 0 aliphatic carbocycles. The maximum Gasteiger partial charge on any atom is 4.00 e. The van der Waals surface area contributed by atoms with Crippen molar-refractivity contribution in [2.45, 2.75) is 79.1 Å². The number of hydrogen-bond acceptors (Lipinski definition) is 13. The molecule has 0 amide bonds. The summed E-state index contributed by atoms with van der Waals surface area (Å²) in [5.74, 6) is 0. The number of rotatable bonds is 12. The number of nitrogens with zero attached hydrogens (tertiary/aromatic N) is 1. The predicted molar refractivity (Wildman–Crippen MR) is 160 cm³/mol. The molecule has 0 aromatic rings. The van der Waals surface area contributed by atoms with Crippen molar-refractivity contribution in [3.63, 3.8) is 0 Å². The summed E-state index contributed by atoms with van der Waals surface area (Å²) in [6.45, 7) is 15.0. The van der Waals surface area contributed by atoms with E-state index in [2.05, 4.69) is 27.7 Å². The van der Waals surface area contributed by atoms with Gasteiger partial charge in [0.15, 0.2) is 0 Å². The van der Waals surface area contributed by atoms with Crippen LogP contribution in [-0.4, -0.2) is 123 Å². The Kier molecular flexibility index (Phi) is 1360. The molecule has 0 aromatic carbocycles. The van der Waals surface area contributed by atoms with E-state index in [0.29, 0.717) is 0 Å². The topological polar surface area (TPSA) is 471 Å². The Labute approximate surface area is 417 Å². The minimum absolute atomic E-state index is 0. The van der Waals surface area contributed by atoms with E-state index >= 15 is 0 Å². The maximum atomic E-state index is 8.25. The third-order valence-corrected chi connectivity index (χ3v) is 3.94. The maximum absolute atomic E-state index is 8.25. The molecule has 0 saturated heterocycles. The fourth-order valence-electron chi connectivity index (χ4n) is 2.64. The molecular formula is C29H75NO19V5Zr. The van der Waals surface area contributed by atoms with Crippen LogP contribution in [0.5, 0.6) is 0 Å². The van der Waals surface area contributed by atoms with Crippen LogP contribution < -0.4 is 66.4 Å². The van der Waals surface area contributed by atoms with Gasteiger partial charge in [-0.1, -0.05) is 53.4 Å². The third kappa shape index (κ3) is 326. The third-order valence-electron chi connectivity index (χ3n) is 3.94. The molecule has 0 spiro atoms. The summed E-state index contributed by atoms with van der Waals surface area (Å²) >= 11 is 0. The van der Waals surface area contributed by atoms with Crippen molar-refractivity contribution < 1.29 is 223 Å². The van der Waals surface area contributed by atoms with Crippen molar-refractivity contribution >= 4 is 0 Å². The van der Waals surface area contributed by atoms with Gasteiger partial charge >= 0.3 is 119 Å². The zero-order chi connectivity index (χ0) is 39.0. The first-order chi connectivity index (χ1) is 21.2. The zero-order valence-electron chi connectivity index (χ0n) is 36.4. The Morgan fingerprint density at radius 1 is 0.236 bits per heavy atom. The summed E-state index contributed by atoms with van der Waals surface area (Å²) in [5, 5.41) is 107. The first kappa shape index (κ1) is 184. The second-order valence-electron chi connectivity index (χ2n) is 5.65. The monoisotopic (exact) mass is 1090 g/mol. The van der Waals surface area contributed by atoms with Gasteiger partial charge in [0.1, 0.15) is 0 Å². The molecule has 339 valence electrons. The molecule has 0 aliphatic rings. The normalized spacial score (nSPS) is 5.13. The zero-order valence-corrected chi connectivity index (χ0v) is 45.9. The number of unbranched alkanes of at least 4 members (excludes halogenated alkanes) is 4. The van der Waals surface area contributed by atoms with Crippen LogP contribution in [0, 0.1) is 0 Å². The van der Waals surface area contributed by atoms with Crippen molar-refractivity contribution in [3.8, 4) is 0 Å². The van der Waals surface area contributed by atoms with E-state index in [1.165, 1.54) is 82.0 Å². The molecule has 0 fully saturated rings. The summed E-state index contributed by atoms with van der Waals surface area (Å²) in [5.41, 5.74) is 0. The van der Waals surface area contributed by atoms with Crippen LogP contribution in [0.2, 0.25) is 0 Å². The molecule has 0 rings (SSSR count). The molecule has 0 aromatic heterocycles. The fraction of sp³-hybridized carbons (Fsp3) is 1.00. The van der Waals surface area contributed by atoms with E-state index < -0.39 is 0 Å². The van der Waals surface area contributed by atoms with Crippen LogP contribution in [0.3, 0.4) is 0 Å². The van der Waals surface area contributed by atoms with Crippen molar-refractivity contribution in [1.29, 1.82) is 0 Å². The molecule has 0 N–H and O–H groups in total. The summed E-state index contributed by atoms with van der Waals surface area (Å²) in [6, 6.07) is 0. The average molecular weight is 1090 g/mol. The van der Waals surface area contributed by atoms with Gasteiger partial charge in [-0.15, -0.1) is 0 Å². The molecule has 26 heteroatoms. The number of quaternary nitrogens is 1. The van der Waals surface area contributed by atoms with E-state index in [9.17, 15) is 0 Å². The van der Waals surface area contributed by atoms with Gasteiger partial charge < -0.3 is 104 Å². The Morgan fingerprint density at radius 2 is 0.309 bits per heavy atom. The van der Waals surface area contributed by atoms with Crippen LogP contribution >= 0.6 is 0 Å². The molecule has 55 heavy (non-hydrogen) atoms. The van der Waals surface area contributed by atoms with Gasteiger partial charge in [-0.05, 0) is 25.7 Å². The first-order valence-corrected chi connectivity index (χ1v) is 13.4. The van der Waals surface area contributed by atoms with Crippen LogP contribution in [0.15, 0.2) is 0 Å². The molecule has 0 saturated carbocycles.